The van der Waals surface area contributed by atoms with Crippen molar-refractivity contribution in [3.05, 3.63) is 44.7 Å². The first-order valence-corrected chi connectivity index (χ1v) is 4.92. The second-order valence-corrected chi connectivity index (χ2v) is 3.97. The van der Waals surface area contributed by atoms with Gasteiger partial charge in [0.25, 0.3) is 0 Å². The third-order valence-corrected chi connectivity index (χ3v) is 2.40. The summed E-state index contributed by atoms with van der Waals surface area (Å²) in [5, 5.41) is 0. The highest BCUT2D eigenvalue weighted by Crippen LogP contribution is 2.12. The molecule has 0 unspecified atom stereocenters. The standard InChI is InChI=1S/C11H11I/c1-9(2)7-8-10-5-3-4-6-11(10)12/h3-6,8H,1-2H3. The lowest BCUT2D eigenvalue weighted by Crippen LogP contribution is -1.75. The van der Waals surface area contributed by atoms with Crippen molar-refractivity contribution in [2.24, 2.45) is 0 Å². The molecule has 0 nitrogen and oxygen atoms in total. The fraction of sp³-hybridized carbons (Fsp3) is 0.182. The summed E-state index contributed by atoms with van der Waals surface area (Å²) in [6.45, 7) is 4.10. The maximum absolute atomic E-state index is 3.19. The van der Waals surface area contributed by atoms with E-state index in [1.54, 1.807) is 0 Å². The number of allylic oxidation sites excluding steroid dienone is 1. The number of hydrogen-bond acceptors (Lipinski definition) is 0. The Labute approximate surface area is 87.1 Å². The molecule has 0 atom stereocenters. The Bertz CT molecular complexity index is 327. The van der Waals surface area contributed by atoms with Crippen molar-refractivity contribution in [1.29, 1.82) is 0 Å². The maximum Gasteiger partial charge on any atom is 0.0208 e. The average molecular weight is 270 g/mol. The van der Waals surface area contributed by atoms with E-state index in [2.05, 4.69) is 40.5 Å². The van der Waals surface area contributed by atoms with Gasteiger partial charge in [0.1, 0.15) is 0 Å². The Kier molecular flexibility index (Phi) is 3.57. The Morgan fingerprint density at radius 3 is 2.58 bits per heavy atom. The minimum atomic E-state index is 1.20. The van der Waals surface area contributed by atoms with E-state index >= 15 is 0 Å². The topological polar surface area (TPSA) is 0 Å². The van der Waals surface area contributed by atoms with E-state index in [0.29, 0.717) is 0 Å². The predicted octanol–water partition coefficient (Wildman–Crippen LogP) is 3.87. The zero-order valence-corrected chi connectivity index (χ0v) is 9.42. The molecule has 0 fully saturated rings. The first kappa shape index (κ1) is 9.56. The number of benzene rings is 1. The number of hydrogen-bond donors (Lipinski definition) is 0. The van der Waals surface area contributed by atoms with E-state index in [1.165, 1.54) is 14.7 Å². The van der Waals surface area contributed by atoms with E-state index in [9.17, 15) is 0 Å². The second kappa shape index (κ2) is 4.48. The molecule has 62 valence electrons. The maximum atomic E-state index is 3.19. The Morgan fingerprint density at radius 2 is 2.00 bits per heavy atom. The molecule has 0 radical (unpaired) electrons. The fourth-order valence-corrected chi connectivity index (χ4v) is 1.36. The van der Waals surface area contributed by atoms with Crippen LogP contribution in [0.2, 0.25) is 0 Å². The van der Waals surface area contributed by atoms with Crippen LogP contribution in [-0.2, 0) is 0 Å². The van der Waals surface area contributed by atoms with Crippen LogP contribution in [0.25, 0.3) is 6.08 Å². The van der Waals surface area contributed by atoms with E-state index in [1.807, 2.05) is 32.1 Å². The fourth-order valence-electron chi connectivity index (χ4n) is 0.814. The minimum Gasteiger partial charge on any atom is -0.122 e. The predicted molar refractivity (Wildman–Crippen MR) is 62.0 cm³/mol. The third-order valence-electron chi connectivity index (χ3n) is 1.42. The normalized spacial score (nSPS) is 8.92. The van der Waals surface area contributed by atoms with Crippen molar-refractivity contribution < 1.29 is 0 Å². The van der Waals surface area contributed by atoms with Gasteiger partial charge < -0.3 is 0 Å². The Morgan fingerprint density at radius 1 is 1.33 bits per heavy atom. The molecule has 12 heavy (non-hydrogen) atoms. The highest BCUT2D eigenvalue weighted by atomic mass is 127. The van der Waals surface area contributed by atoms with Gasteiger partial charge in [0.05, 0.1) is 0 Å². The molecule has 0 saturated heterocycles. The van der Waals surface area contributed by atoms with Crippen molar-refractivity contribution in [2.45, 2.75) is 13.8 Å². The smallest absolute Gasteiger partial charge is 0.0208 e. The molecule has 0 amide bonds. The summed E-state index contributed by atoms with van der Waals surface area (Å²) in [5.41, 5.74) is 5.63. The van der Waals surface area contributed by atoms with E-state index < -0.39 is 0 Å². The quantitative estimate of drug-likeness (QED) is 0.536. The van der Waals surface area contributed by atoms with Gasteiger partial charge in [-0.15, -0.1) is 5.73 Å². The Balaban J connectivity index is 3.05. The highest BCUT2D eigenvalue weighted by Gasteiger charge is 1.90. The van der Waals surface area contributed by atoms with Gasteiger partial charge in [-0.2, -0.15) is 0 Å². The number of rotatable bonds is 1. The zero-order chi connectivity index (χ0) is 8.97. The molecule has 0 saturated carbocycles. The van der Waals surface area contributed by atoms with Crippen LogP contribution >= 0.6 is 22.6 Å². The van der Waals surface area contributed by atoms with Crippen LogP contribution < -0.4 is 0 Å². The molecule has 0 spiro atoms. The van der Waals surface area contributed by atoms with Crippen molar-refractivity contribution in [2.75, 3.05) is 0 Å². The summed E-state index contributed by atoms with van der Waals surface area (Å²) in [4.78, 5) is 0. The van der Waals surface area contributed by atoms with Crippen molar-refractivity contribution >= 4 is 28.7 Å². The monoisotopic (exact) mass is 270 g/mol. The average Bonchev–Trinajstić information content (AvgIpc) is 2.03. The van der Waals surface area contributed by atoms with Gasteiger partial charge in [-0.05, 0) is 59.7 Å². The SMILES string of the molecule is CC(C)=C=Cc1ccccc1I. The van der Waals surface area contributed by atoms with Crippen molar-refractivity contribution in [1.82, 2.24) is 0 Å². The summed E-state index contributed by atoms with van der Waals surface area (Å²) in [6, 6.07) is 8.28. The summed E-state index contributed by atoms with van der Waals surface area (Å²) < 4.78 is 1.27. The van der Waals surface area contributed by atoms with Gasteiger partial charge in [-0.1, -0.05) is 18.2 Å². The molecule has 0 aliphatic rings. The van der Waals surface area contributed by atoms with Gasteiger partial charge >= 0.3 is 0 Å². The molecule has 0 aliphatic carbocycles. The molecular formula is C11H11I. The molecule has 1 aromatic rings. The lowest BCUT2D eigenvalue weighted by atomic mass is 10.2. The van der Waals surface area contributed by atoms with Crippen LogP contribution in [0.4, 0.5) is 0 Å². The van der Waals surface area contributed by atoms with E-state index in [0.717, 1.165) is 0 Å². The number of halogens is 1. The van der Waals surface area contributed by atoms with Gasteiger partial charge in [0.2, 0.25) is 0 Å². The first-order valence-electron chi connectivity index (χ1n) is 3.84. The van der Waals surface area contributed by atoms with Crippen LogP contribution in [0.5, 0.6) is 0 Å². The van der Waals surface area contributed by atoms with Crippen LogP contribution in [0.15, 0.2) is 35.6 Å². The van der Waals surface area contributed by atoms with Crippen molar-refractivity contribution in [3.63, 3.8) is 0 Å². The van der Waals surface area contributed by atoms with Crippen LogP contribution in [0.3, 0.4) is 0 Å². The third kappa shape index (κ3) is 2.84. The van der Waals surface area contributed by atoms with E-state index in [4.69, 9.17) is 0 Å². The lowest BCUT2D eigenvalue weighted by molar-refractivity contribution is 1.41. The van der Waals surface area contributed by atoms with Crippen LogP contribution in [0.1, 0.15) is 19.4 Å². The first-order chi connectivity index (χ1) is 5.70. The summed E-state index contributed by atoms with van der Waals surface area (Å²) in [6.07, 6.45) is 2.02. The van der Waals surface area contributed by atoms with Gasteiger partial charge in [0.15, 0.2) is 0 Å². The Hall–Kier alpha value is -0.530. The highest BCUT2D eigenvalue weighted by molar-refractivity contribution is 14.1. The largest absolute Gasteiger partial charge is 0.122 e. The molecular weight excluding hydrogens is 259 g/mol. The van der Waals surface area contributed by atoms with Crippen LogP contribution in [-0.4, -0.2) is 0 Å². The summed E-state index contributed by atoms with van der Waals surface area (Å²) in [5.74, 6) is 0. The molecule has 0 bridgehead atoms. The van der Waals surface area contributed by atoms with Crippen molar-refractivity contribution in [3.8, 4) is 0 Å². The lowest BCUT2D eigenvalue weighted by Gasteiger charge is -1.94. The molecule has 0 heterocycles. The van der Waals surface area contributed by atoms with Gasteiger partial charge in [-0.3, -0.25) is 0 Å². The van der Waals surface area contributed by atoms with Crippen LogP contribution in [0, 0.1) is 3.57 Å². The van der Waals surface area contributed by atoms with Gasteiger partial charge in [-0.25, -0.2) is 0 Å². The summed E-state index contributed by atoms with van der Waals surface area (Å²) >= 11 is 2.33. The minimum absolute atomic E-state index is 1.20. The zero-order valence-electron chi connectivity index (χ0n) is 7.26. The van der Waals surface area contributed by atoms with E-state index in [-0.39, 0.29) is 0 Å². The molecule has 0 aromatic heterocycles. The second-order valence-electron chi connectivity index (χ2n) is 2.81. The molecule has 1 heteroatoms. The van der Waals surface area contributed by atoms with Gasteiger partial charge in [0, 0.05) is 3.57 Å². The molecule has 0 aliphatic heterocycles. The molecule has 0 N–H and O–H groups in total. The molecule has 1 rings (SSSR count). The molecule has 1 aromatic carbocycles. The summed E-state index contributed by atoms with van der Waals surface area (Å²) in [7, 11) is 0.